The lowest BCUT2D eigenvalue weighted by Gasteiger charge is -2.14. The molecule has 7 nitrogen and oxygen atoms in total. The van der Waals surface area contributed by atoms with E-state index < -0.39 is 36.4 Å². The largest absolute Gasteiger partial charge is 0.455 e. The van der Waals surface area contributed by atoms with Crippen LogP contribution in [-0.2, 0) is 10.0 Å². The van der Waals surface area contributed by atoms with Crippen LogP contribution in [0.25, 0.3) is 0 Å². The fourth-order valence-electron chi connectivity index (χ4n) is 2.36. The normalized spacial score (nSPS) is 11.2. The number of nitrogens with one attached hydrogen (secondary N) is 1. The predicted molar refractivity (Wildman–Crippen MR) is 115 cm³/mol. The van der Waals surface area contributed by atoms with E-state index in [9.17, 15) is 22.9 Å². The number of sulfonamides is 1. The molecule has 0 amide bonds. The molecule has 0 aromatic heterocycles. The van der Waals surface area contributed by atoms with Crippen molar-refractivity contribution < 1.29 is 22.5 Å². The van der Waals surface area contributed by atoms with Gasteiger partial charge in [0.05, 0.1) is 16.7 Å². The zero-order chi connectivity index (χ0) is 22.1. The van der Waals surface area contributed by atoms with Crippen LogP contribution in [0.1, 0.15) is 0 Å². The highest BCUT2D eigenvalue weighted by Gasteiger charge is 2.26. The first-order valence-corrected chi connectivity index (χ1v) is 11.0. The van der Waals surface area contributed by atoms with E-state index in [0.29, 0.717) is 27.4 Å². The predicted octanol–water partition coefficient (Wildman–Crippen LogP) is 6.40. The minimum Gasteiger partial charge on any atom is -0.455 e. The van der Waals surface area contributed by atoms with E-state index in [1.807, 2.05) is 0 Å². The minimum absolute atomic E-state index is 0.00630. The Bertz CT molecular complexity index is 1240. The lowest BCUT2D eigenvalue weighted by molar-refractivity contribution is -0.384. The van der Waals surface area contributed by atoms with Gasteiger partial charge in [0.2, 0.25) is 0 Å². The SMILES string of the molecule is O=[N+]([O-])c1cc(F)c(S(=O)(=O)Nc2cc(Br)ccc2Oc2ccc(Cl)cc2)cc1Cl. The maximum Gasteiger partial charge on any atom is 0.290 e. The Morgan fingerprint density at radius 1 is 1.07 bits per heavy atom. The Morgan fingerprint density at radius 2 is 1.73 bits per heavy atom. The summed E-state index contributed by atoms with van der Waals surface area (Å²) in [6.45, 7) is 0. The Labute approximate surface area is 188 Å². The third kappa shape index (κ3) is 5.01. The molecule has 0 spiro atoms. The Balaban J connectivity index is 1.99. The molecule has 1 N–H and O–H groups in total. The van der Waals surface area contributed by atoms with Gasteiger partial charge in [-0.3, -0.25) is 14.8 Å². The van der Waals surface area contributed by atoms with Gasteiger partial charge < -0.3 is 4.74 Å². The zero-order valence-corrected chi connectivity index (χ0v) is 18.5. The van der Waals surface area contributed by atoms with E-state index in [0.717, 1.165) is 0 Å². The highest BCUT2D eigenvalue weighted by molar-refractivity contribution is 9.10. The smallest absolute Gasteiger partial charge is 0.290 e. The molecule has 0 atom stereocenters. The Morgan fingerprint density at radius 3 is 2.37 bits per heavy atom. The fourth-order valence-corrected chi connectivity index (χ4v) is 4.30. The summed E-state index contributed by atoms with van der Waals surface area (Å²) >= 11 is 14.8. The molecule has 0 heterocycles. The van der Waals surface area contributed by atoms with Gasteiger partial charge in [-0.05, 0) is 48.5 Å². The van der Waals surface area contributed by atoms with Gasteiger partial charge in [0, 0.05) is 9.50 Å². The second kappa shape index (κ2) is 8.76. The number of ether oxygens (including phenoxy) is 1. The van der Waals surface area contributed by atoms with Crippen molar-refractivity contribution in [2.75, 3.05) is 4.72 Å². The molecule has 12 heteroatoms. The molecule has 0 fully saturated rings. The first-order valence-electron chi connectivity index (χ1n) is 7.96. The van der Waals surface area contributed by atoms with Crippen molar-refractivity contribution >= 4 is 60.5 Å². The summed E-state index contributed by atoms with van der Waals surface area (Å²) in [5, 5.41) is 10.8. The molecule has 3 rings (SSSR count). The third-order valence-corrected chi connectivity index (χ3v) is 6.14. The number of benzene rings is 3. The van der Waals surface area contributed by atoms with Crippen molar-refractivity contribution in [1.29, 1.82) is 0 Å². The summed E-state index contributed by atoms with van der Waals surface area (Å²) in [6.07, 6.45) is 0. The summed E-state index contributed by atoms with van der Waals surface area (Å²) < 4.78 is 48.2. The van der Waals surface area contributed by atoms with Crippen LogP contribution in [0.5, 0.6) is 11.5 Å². The van der Waals surface area contributed by atoms with Crippen molar-refractivity contribution in [3.05, 3.63) is 85.0 Å². The quantitative estimate of drug-likeness (QED) is 0.291. The molecule has 0 saturated heterocycles. The fraction of sp³-hybridized carbons (Fsp3) is 0. The van der Waals surface area contributed by atoms with Gasteiger partial charge in [-0.1, -0.05) is 39.1 Å². The van der Waals surface area contributed by atoms with Crippen LogP contribution in [0.15, 0.2) is 64.0 Å². The number of hydrogen-bond acceptors (Lipinski definition) is 5. The molecule has 0 radical (unpaired) electrons. The van der Waals surface area contributed by atoms with E-state index in [4.69, 9.17) is 27.9 Å². The molecule has 0 unspecified atom stereocenters. The van der Waals surface area contributed by atoms with Gasteiger partial charge in [-0.15, -0.1) is 0 Å². The summed E-state index contributed by atoms with van der Waals surface area (Å²) in [5.74, 6) is -0.821. The maximum atomic E-state index is 14.3. The topological polar surface area (TPSA) is 98.5 Å². The molecule has 0 saturated carbocycles. The average Bonchev–Trinajstić information content (AvgIpc) is 2.66. The summed E-state index contributed by atoms with van der Waals surface area (Å²) in [6, 6.07) is 12.0. The average molecular weight is 536 g/mol. The number of nitro benzene ring substituents is 1. The number of rotatable bonds is 6. The maximum absolute atomic E-state index is 14.3. The van der Waals surface area contributed by atoms with Gasteiger partial charge in [-0.2, -0.15) is 0 Å². The van der Waals surface area contributed by atoms with Gasteiger partial charge in [0.15, 0.2) is 11.6 Å². The molecular formula is C18H10BrCl2FN2O5S. The monoisotopic (exact) mass is 534 g/mol. The number of hydrogen-bond donors (Lipinski definition) is 1. The second-order valence-corrected chi connectivity index (χ2v) is 9.20. The van der Waals surface area contributed by atoms with E-state index in [-0.39, 0.29) is 11.4 Å². The van der Waals surface area contributed by atoms with Gasteiger partial charge in [-0.25, -0.2) is 12.8 Å². The minimum atomic E-state index is -4.50. The van der Waals surface area contributed by atoms with Crippen molar-refractivity contribution in [1.82, 2.24) is 0 Å². The third-order valence-electron chi connectivity index (χ3n) is 3.71. The van der Waals surface area contributed by atoms with E-state index in [2.05, 4.69) is 20.7 Å². The Hall–Kier alpha value is -2.40. The van der Waals surface area contributed by atoms with Crippen LogP contribution < -0.4 is 9.46 Å². The number of nitro groups is 1. The molecule has 0 aliphatic heterocycles. The van der Waals surface area contributed by atoms with E-state index in [1.54, 1.807) is 30.3 Å². The van der Waals surface area contributed by atoms with Crippen LogP contribution >= 0.6 is 39.1 Å². The van der Waals surface area contributed by atoms with E-state index in [1.165, 1.54) is 12.1 Å². The summed E-state index contributed by atoms with van der Waals surface area (Å²) in [7, 11) is -4.50. The zero-order valence-electron chi connectivity index (χ0n) is 14.6. The van der Waals surface area contributed by atoms with Crippen LogP contribution in [0, 0.1) is 15.9 Å². The molecule has 0 bridgehead atoms. The van der Waals surface area contributed by atoms with Crippen LogP contribution in [-0.4, -0.2) is 13.3 Å². The van der Waals surface area contributed by atoms with Gasteiger partial charge in [0.25, 0.3) is 15.7 Å². The molecule has 0 aliphatic carbocycles. The van der Waals surface area contributed by atoms with Crippen LogP contribution in [0.3, 0.4) is 0 Å². The lowest BCUT2D eigenvalue weighted by Crippen LogP contribution is -2.15. The molecule has 3 aromatic rings. The number of halogens is 4. The highest BCUT2D eigenvalue weighted by Crippen LogP contribution is 2.35. The van der Waals surface area contributed by atoms with Crippen molar-refractivity contribution in [2.24, 2.45) is 0 Å². The molecule has 3 aromatic carbocycles. The van der Waals surface area contributed by atoms with Crippen molar-refractivity contribution in [3.8, 4) is 11.5 Å². The summed E-state index contributed by atoms with van der Waals surface area (Å²) in [5.41, 5.74) is -0.754. The molecule has 156 valence electrons. The number of anilines is 1. The first-order chi connectivity index (χ1) is 14.1. The Kier molecular flexibility index (Phi) is 6.51. The highest BCUT2D eigenvalue weighted by atomic mass is 79.9. The van der Waals surface area contributed by atoms with Crippen molar-refractivity contribution in [3.63, 3.8) is 0 Å². The molecule has 0 aliphatic rings. The van der Waals surface area contributed by atoms with Gasteiger partial charge in [0.1, 0.15) is 15.7 Å². The molecular weight excluding hydrogens is 526 g/mol. The first kappa shape index (κ1) is 22.3. The summed E-state index contributed by atoms with van der Waals surface area (Å²) in [4.78, 5) is 9.10. The van der Waals surface area contributed by atoms with Gasteiger partial charge >= 0.3 is 0 Å². The van der Waals surface area contributed by atoms with E-state index >= 15 is 0 Å². The van der Waals surface area contributed by atoms with Crippen molar-refractivity contribution in [2.45, 2.75) is 4.90 Å². The lowest BCUT2D eigenvalue weighted by atomic mass is 10.3. The van der Waals surface area contributed by atoms with Crippen LogP contribution in [0.2, 0.25) is 10.0 Å². The number of nitrogens with zero attached hydrogens (tertiary/aromatic N) is 1. The second-order valence-electron chi connectivity index (χ2n) is 5.79. The standard InChI is InChI=1S/C18H10BrCl2FN2O5S/c19-10-1-6-17(29-12-4-2-11(20)3-5-12)15(7-10)23-30(27,28)18-8-13(21)16(24(25)26)9-14(18)22/h1-9,23H. The molecule has 30 heavy (non-hydrogen) atoms. The van der Waals surface area contributed by atoms with Crippen LogP contribution in [0.4, 0.5) is 15.8 Å².